The molecule has 1 aliphatic heterocycles. The highest BCUT2D eigenvalue weighted by Gasteiger charge is 2.26. The van der Waals surface area contributed by atoms with Crippen LogP contribution in [0.4, 0.5) is 21.5 Å². The first-order chi connectivity index (χ1) is 10.5. The first kappa shape index (κ1) is 14.4. The van der Waals surface area contributed by atoms with Gasteiger partial charge in [0.15, 0.2) is 0 Å². The summed E-state index contributed by atoms with van der Waals surface area (Å²) in [6.07, 6.45) is 0.937. The lowest BCUT2D eigenvalue weighted by molar-refractivity contribution is -0.115. The summed E-state index contributed by atoms with van der Waals surface area (Å²) >= 11 is 0. The predicted molar refractivity (Wildman–Crippen MR) is 86.4 cm³/mol. The number of nitrogen functional groups attached to an aromatic ring is 1. The molecule has 0 fully saturated rings. The Morgan fingerprint density at radius 2 is 2.14 bits per heavy atom. The van der Waals surface area contributed by atoms with Gasteiger partial charge < -0.3 is 16.0 Å². The molecule has 1 unspecified atom stereocenters. The van der Waals surface area contributed by atoms with Crippen molar-refractivity contribution in [2.75, 3.05) is 22.5 Å². The predicted octanol–water partition coefficient (Wildman–Crippen LogP) is 2.80. The molecule has 1 amide bonds. The molecule has 0 bridgehead atoms. The van der Waals surface area contributed by atoms with Gasteiger partial charge in [0.2, 0.25) is 5.91 Å². The number of carbonyl (C=O) groups is 1. The van der Waals surface area contributed by atoms with Crippen LogP contribution >= 0.6 is 0 Å². The summed E-state index contributed by atoms with van der Waals surface area (Å²) in [7, 11) is 0. The molecule has 1 heterocycles. The summed E-state index contributed by atoms with van der Waals surface area (Å²) in [5.74, 6) is -0.630. The number of halogens is 1. The van der Waals surface area contributed by atoms with E-state index in [1.54, 1.807) is 0 Å². The second kappa shape index (κ2) is 5.67. The number of para-hydroxylation sites is 1. The Kier molecular flexibility index (Phi) is 3.71. The van der Waals surface area contributed by atoms with Crippen LogP contribution < -0.4 is 16.0 Å². The van der Waals surface area contributed by atoms with Gasteiger partial charge in [-0.05, 0) is 43.2 Å². The van der Waals surface area contributed by atoms with Gasteiger partial charge in [0, 0.05) is 17.4 Å². The van der Waals surface area contributed by atoms with Crippen molar-refractivity contribution in [3.05, 3.63) is 53.8 Å². The van der Waals surface area contributed by atoms with Gasteiger partial charge in [-0.3, -0.25) is 4.79 Å². The quantitative estimate of drug-likeness (QED) is 0.857. The molecule has 5 heteroatoms. The highest BCUT2D eigenvalue weighted by atomic mass is 19.1. The van der Waals surface area contributed by atoms with Gasteiger partial charge in [-0.1, -0.05) is 18.2 Å². The maximum Gasteiger partial charge on any atom is 0.243 e. The Labute approximate surface area is 128 Å². The van der Waals surface area contributed by atoms with Crippen molar-refractivity contribution in [3.63, 3.8) is 0 Å². The molecule has 114 valence electrons. The lowest BCUT2D eigenvalue weighted by Gasteiger charge is -2.24. The Morgan fingerprint density at radius 3 is 2.91 bits per heavy atom. The first-order valence-electron chi connectivity index (χ1n) is 7.24. The van der Waals surface area contributed by atoms with Gasteiger partial charge in [-0.25, -0.2) is 4.39 Å². The van der Waals surface area contributed by atoms with Crippen LogP contribution in [0.3, 0.4) is 0 Å². The molecule has 0 saturated heterocycles. The molecule has 2 aromatic rings. The number of nitrogens with two attached hydrogens (primary N) is 1. The van der Waals surface area contributed by atoms with Crippen LogP contribution in [-0.4, -0.2) is 18.5 Å². The first-order valence-corrected chi connectivity index (χ1v) is 7.24. The third-order valence-corrected chi connectivity index (χ3v) is 3.94. The number of amides is 1. The Bertz CT molecular complexity index is 717. The molecular formula is C17H18FN3O. The highest BCUT2D eigenvalue weighted by Crippen LogP contribution is 2.31. The Morgan fingerprint density at radius 1 is 1.36 bits per heavy atom. The summed E-state index contributed by atoms with van der Waals surface area (Å²) in [4.78, 5) is 14.3. The van der Waals surface area contributed by atoms with E-state index in [0.29, 0.717) is 5.69 Å². The van der Waals surface area contributed by atoms with E-state index in [0.717, 1.165) is 12.1 Å². The van der Waals surface area contributed by atoms with Crippen LogP contribution in [0.1, 0.15) is 12.5 Å². The minimum Gasteiger partial charge on any atom is -0.396 e. The van der Waals surface area contributed by atoms with Crippen LogP contribution in [-0.2, 0) is 11.2 Å². The normalized spacial score (nSPS) is 16.5. The summed E-state index contributed by atoms with van der Waals surface area (Å²) in [5.41, 5.74) is 8.40. The smallest absolute Gasteiger partial charge is 0.243 e. The van der Waals surface area contributed by atoms with E-state index >= 15 is 0 Å². The van der Waals surface area contributed by atoms with Gasteiger partial charge in [0.25, 0.3) is 0 Å². The van der Waals surface area contributed by atoms with Crippen LogP contribution in [0.15, 0.2) is 42.5 Å². The SMILES string of the molecule is CC1Cc2ccccc2N1CC(=O)Nc1ccc(F)c(N)c1. The summed E-state index contributed by atoms with van der Waals surface area (Å²) in [5, 5.41) is 2.76. The van der Waals surface area contributed by atoms with Gasteiger partial charge in [0.1, 0.15) is 5.82 Å². The Hall–Kier alpha value is -2.56. The van der Waals surface area contributed by atoms with Crippen LogP contribution in [0.5, 0.6) is 0 Å². The molecule has 3 rings (SSSR count). The molecule has 22 heavy (non-hydrogen) atoms. The average Bonchev–Trinajstić information content (AvgIpc) is 2.79. The third kappa shape index (κ3) is 2.74. The standard InChI is InChI=1S/C17H18FN3O/c1-11-8-12-4-2-3-5-16(12)21(11)10-17(22)20-13-6-7-14(18)15(19)9-13/h2-7,9,11H,8,10,19H2,1H3,(H,20,22). The molecule has 0 radical (unpaired) electrons. The number of fused-ring (bicyclic) bond motifs is 1. The zero-order chi connectivity index (χ0) is 15.7. The average molecular weight is 299 g/mol. The summed E-state index contributed by atoms with van der Waals surface area (Å²) < 4.78 is 13.1. The van der Waals surface area contributed by atoms with Crippen molar-refractivity contribution in [1.29, 1.82) is 0 Å². The van der Waals surface area contributed by atoms with Gasteiger partial charge in [-0.15, -0.1) is 0 Å². The van der Waals surface area contributed by atoms with E-state index < -0.39 is 5.82 Å². The second-order valence-corrected chi connectivity index (χ2v) is 5.59. The molecule has 1 atom stereocenters. The fourth-order valence-electron chi connectivity index (χ4n) is 2.85. The monoisotopic (exact) mass is 299 g/mol. The van der Waals surface area contributed by atoms with E-state index in [1.165, 1.54) is 23.8 Å². The fraction of sp³-hybridized carbons (Fsp3) is 0.235. The zero-order valence-electron chi connectivity index (χ0n) is 12.3. The molecule has 0 spiro atoms. The van der Waals surface area contributed by atoms with E-state index in [9.17, 15) is 9.18 Å². The van der Waals surface area contributed by atoms with Crippen LogP contribution in [0, 0.1) is 5.82 Å². The van der Waals surface area contributed by atoms with Crippen molar-refractivity contribution in [2.24, 2.45) is 0 Å². The number of hydrogen-bond acceptors (Lipinski definition) is 3. The van der Waals surface area contributed by atoms with Crippen molar-refractivity contribution in [2.45, 2.75) is 19.4 Å². The minimum absolute atomic E-state index is 0.0256. The lowest BCUT2D eigenvalue weighted by Crippen LogP contribution is -2.37. The topological polar surface area (TPSA) is 58.4 Å². The second-order valence-electron chi connectivity index (χ2n) is 5.59. The largest absolute Gasteiger partial charge is 0.396 e. The lowest BCUT2D eigenvalue weighted by atomic mass is 10.1. The molecular weight excluding hydrogens is 281 g/mol. The number of carbonyl (C=O) groups excluding carboxylic acids is 1. The van der Waals surface area contributed by atoms with Crippen molar-refractivity contribution in [1.82, 2.24) is 0 Å². The molecule has 4 nitrogen and oxygen atoms in total. The van der Waals surface area contributed by atoms with E-state index in [-0.39, 0.29) is 24.2 Å². The third-order valence-electron chi connectivity index (χ3n) is 3.94. The molecule has 2 aromatic carbocycles. The molecule has 3 N–H and O–H groups in total. The maximum absolute atomic E-state index is 13.1. The van der Waals surface area contributed by atoms with Crippen molar-refractivity contribution in [3.8, 4) is 0 Å². The summed E-state index contributed by atoms with van der Waals surface area (Å²) in [6, 6.07) is 12.6. The summed E-state index contributed by atoms with van der Waals surface area (Å²) in [6.45, 7) is 2.36. The fourth-order valence-corrected chi connectivity index (χ4v) is 2.85. The van der Waals surface area contributed by atoms with Crippen LogP contribution in [0.2, 0.25) is 0 Å². The van der Waals surface area contributed by atoms with E-state index in [4.69, 9.17) is 5.73 Å². The molecule has 0 aliphatic carbocycles. The number of rotatable bonds is 3. The van der Waals surface area contributed by atoms with Gasteiger partial charge in [0.05, 0.1) is 12.2 Å². The number of hydrogen-bond donors (Lipinski definition) is 2. The number of benzene rings is 2. The van der Waals surface area contributed by atoms with Crippen molar-refractivity contribution < 1.29 is 9.18 Å². The zero-order valence-corrected chi connectivity index (χ0v) is 12.3. The Balaban J connectivity index is 1.70. The van der Waals surface area contributed by atoms with E-state index in [2.05, 4.69) is 23.2 Å². The number of anilines is 3. The van der Waals surface area contributed by atoms with Gasteiger partial charge in [-0.2, -0.15) is 0 Å². The maximum atomic E-state index is 13.1. The van der Waals surface area contributed by atoms with Crippen molar-refractivity contribution >= 4 is 23.0 Å². The van der Waals surface area contributed by atoms with Gasteiger partial charge >= 0.3 is 0 Å². The van der Waals surface area contributed by atoms with E-state index in [1.807, 2.05) is 18.2 Å². The number of nitrogens with zero attached hydrogens (tertiary/aromatic N) is 1. The molecule has 0 aromatic heterocycles. The highest BCUT2D eigenvalue weighted by molar-refractivity contribution is 5.94. The number of nitrogens with one attached hydrogen (secondary N) is 1. The van der Waals surface area contributed by atoms with Crippen LogP contribution in [0.25, 0.3) is 0 Å². The molecule has 1 aliphatic rings. The molecule has 0 saturated carbocycles. The minimum atomic E-state index is -0.486.